The Kier molecular flexibility index (Phi) is 4.12. The molecule has 0 aliphatic carbocycles. The highest BCUT2D eigenvalue weighted by Gasteiger charge is 2.14. The average molecular weight is 297 g/mol. The van der Waals surface area contributed by atoms with Gasteiger partial charge in [0.05, 0.1) is 6.04 Å². The lowest BCUT2D eigenvalue weighted by molar-refractivity contribution is 0.552. The Morgan fingerprint density at radius 3 is 2.56 bits per heavy atom. The van der Waals surface area contributed by atoms with Gasteiger partial charge in [-0.05, 0) is 38.9 Å². The van der Waals surface area contributed by atoms with Crippen molar-refractivity contribution in [1.29, 1.82) is 0 Å². The van der Waals surface area contributed by atoms with Gasteiger partial charge in [-0.25, -0.2) is 0 Å². The topological polar surface area (TPSA) is 38.0 Å². The molecule has 1 unspecified atom stereocenters. The van der Waals surface area contributed by atoms with Crippen molar-refractivity contribution in [2.24, 2.45) is 5.84 Å². The number of hydrogen-bond donors (Lipinski definition) is 2. The third-order valence-corrected chi connectivity index (χ3v) is 4.25. The van der Waals surface area contributed by atoms with Crippen molar-refractivity contribution in [2.45, 2.75) is 12.5 Å². The Balaban J connectivity index is 2.16. The number of halogens is 1. The summed E-state index contributed by atoms with van der Waals surface area (Å²) in [6, 6.07) is 10.5. The van der Waals surface area contributed by atoms with Crippen LogP contribution in [0, 0.1) is 0 Å². The van der Waals surface area contributed by atoms with E-state index >= 15 is 0 Å². The van der Waals surface area contributed by atoms with Gasteiger partial charge < -0.3 is 0 Å². The normalized spacial score (nSPS) is 12.6. The van der Waals surface area contributed by atoms with Gasteiger partial charge in [0.25, 0.3) is 0 Å². The van der Waals surface area contributed by atoms with Crippen LogP contribution in [0.3, 0.4) is 0 Å². The number of hydrazine groups is 1. The van der Waals surface area contributed by atoms with Gasteiger partial charge >= 0.3 is 0 Å². The van der Waals surface area contributed by atoms with Crippen molar-refractivity contribution in [2.75, 3.05) is 0 Å². The number of benzene rings is 1. The molecule has 4 heteroatoms. The number of nitrogens with two attached hydrogens (primary N) is 1. The highest BCUT2D eigenvalue weighted by atomic mass is 79.9. The first-order chi connectivity index (χ1) is 7.81. The fourth-order valence-corrected chi connectivity index (χ4v) is 3.28. The molecule has 0 saturated heterocycles. The van der Waals surface area contributed by atoms with E-state index in [1.54, 1.807) is 11.3 Å². The second-order valence-electron chi connectivity index (χ2n) is 3.58. The van der Waals surface area contributed by atoms with Crippen LogP contribution < -0.4 is 11.3 Å². The molecule has 0 aliphatic rings. The summed E-state index contributed by atoms with van der Waals surface area (Å²) >= 11 is 5.21. The first-order valence-electron chi connectivity index (χ1n) is 5.03. The number of rotatable bonds is 4. The van der Waals surface area contributed by atoms with Crippen LogP contribution in [0.1, 0.15) is 17.2 Å². The first kappa shape index (κ1) is 11.8. The molecule has 1 aromatic carbocycles. The summed E-state index contributed by atoms with van der Waals surface area (Å²) in [6.45, 7) is 0. The molecule has 0 bridgehead atoms. The third-order valence-electron chi connectivity index (χ3n) is 2.50. The van der Waals surface area contributed by atoms with Gasteiger partial charge in [-0.3, -0.25) is 11.3 Å². The Morgan fingerprint density at radius 1 is 1.25 bits per heavy atom. The van der Waals surface area contributed by atoms with Crippen molar-refractivity contribution in [1.82, 2.24) is 5.43 Å². The summed E-state index contributed by atoms with van der Waals surface area (Å²) in [5.41, 5.74) is 5.37. The van der Waals surface area contributed by atoms with Gasteiger partial charge in [0.15, 0.2) is 0 Å². The second-order valence-corrected chi connectivity index (χ2v) is 5.18. The minimum Gasteiger partial charge on any atom is -0.271 e. The molecule has 16 heavy (non-hydrogen) atoms. The zero-order chi connectivity index (χ0) is 11.4. The summed E-state index contributed by atoms with van der Waals surface area (Å²) in [5.74, 6) is 5.61. The van der Waals surface area contributed by atoms with Crippen LogP contribution in [0.25, 0.3) is 0 Å². The van der Waals surface area contributed by atoms with E-state index in [4.69, 9.17) is 5.84 Å². The number of thiophene rings is 1. The monoisotopic (exact) mass is 296 g/mol. The molecule has 2 nitrogen and oxygen atoms in total. The fraction of sp³-hybridized carbons (Fsp3) is 0.167. The Morgan fingerprint density at radius 2 is 2.00 bits per heavy atom. The van der Waals surface area contributed by atoms with Crippen LogP contribution in [0.2, 0.25) is 0 Å². The van der Waals surface area contributed by atoms with E-state index in [0.717, 1.165) is 10.9 Å². The van der Waals surface area contributed by atoms with E-state index in [1.165, 1.54) is 11.1 Å². The SMILES string of the molecule is NNC(Cc1ccccc1)c1cscc1Br. The zero-order valence-electron chi connectivity index (χ0n) is 8.69. The van der Waals surface area contributed by atoms with E-state index in [9.17, 15) is 0 Å². The fourth-order valence-electron chi connectivity index (χ4n) is 1.65. The van der Waals surface area contributed by atoms with Gasteiger partial charge in [-0.15, -0.1) is 0 Å². The van der Waals surface area contributed by atoms with Gasteiger partial charge in [0, 0.05) is 9.85 Å². The summed E-state index contributed by atoms with van der Waals surface area (Å²) in [6.07, 6.45) is 0.896. The van der Waals surface area contributed by atoms with Crippen molar-refractivity contribution in [3.05, 3.63) is 56.7 Å². The van der Waals surface area contributed by atoms with Crippen molar-refractivity contribution in [3.8, 4) is 0 Å². The Hall–Kier alpha value is -0.680. The summed E-state index contributed by atoms with van der Waals surface area (Å²) in [4.78, 5) is 0. The molecule has 0 spiro atoms. The molecular weight excluding hydrogens is 284 g/mol. The lowest BCUT2D eigenvalue weighted by atomic mass is 10.0. The Bertz CT molecular complexity index is 441. The number of hydrogen-bond acceptors (Lipinski definition) is 3. The molecule has 0 fully saturated rings. The maximum Gasteiger partial charge on any atom is 0.0519 e. The molecule has 0 aliphatic heterocycles. The van der Waals surface area contributed by atoms with Crippen LogP contribution in [-0.2, 0) is 6.42 Å². The van der Waals surface area contributed by atoms with Gasteiger partial charge in [0.1, 0.15) is 0 Å². The number of nitrogens with one attached hydrogen (secondary N) is 1. The molecule has 1 atom stereocenters. The van der Waals surface area contributed by atoms with Crippen molar-refractivity contribution < 1.29 is 0 Å². The third kappa shape index (κ3) is 2.71. The maximum absolute atomic E-state index is 5.61. The van der Waals surface area contributed by atoms with Crippen molar-refractivity contribution >= 4 is 27.3 Å². The van der Waals surface area contributed by atoms with Crippen LogP contribution in [0.15, 0.2) is 45.6 Å². The molecule has 1 heterocycles. The van der Waals surface area contributed by atoms with Gasteiger partial charge in [-0.2, -0.15) is 11.3 Å². The maximum atomic E-state index is 5.61. The molecule has 0 amide bonds. The van der Waals surface area contributed by atoms with E-state index in [1.807, 2.05) is 18.2 Å². The minimum absolute atomic E-state index is 0.156. The Labute approximate surface area is 108 Å². The summed E-state index contributed by atoms with van der Waals surface area (Å²) < 4.78 is 1.12. The molecular formula is C12H13BrN2S. The van der Waals surface area contributed by atoms with Crippen LogP contribution >= 0.6 is 27.3 Å². The predicted octanol–water partition coefficient (Wildman–Crippen LogP) is 3.26. The lowest BCUT2D eigenvalue weighted by Gasteiger charge is -2.15. The molecule has 0 saturated carbocycles. The highest BCUT2D eigenvalue weighted by Crippen LogP contribution is 2.28. The van der Waals surface area contributed by atoms with Crippen LogP contribution in [-0.4, -0.2) is 0 Å². The quantitative estimate of drug-likeness (QED) is 0.671. The highest BCUT2D eigenvalue weighted by molar-refractivity contribution is 9.10. The van der Waals surface area contributed by atoms with Gasteiger partial charge in [-0.1, -0.05) is 30.3 Å². The van der Waals surface area contributed by atoms with Crippen LogP contribution in [0.4, 0.5) is 0 Å². The lowest BCUT2D eigenvalue weighted by Crippen LogP contribution is -2.29. The first-order valence-corrected chi connectivity index (χ1v) is 6.76. The van der Waals surface area contributed by atoms with E-state index in [2.05, 4.69) is 44.2 Å². The average Bonchev–Trinajstić information content (AvgIpc) is 2.74. The predicted molar refractivity (Wildman–Crippen MR) is 72.2 cm³/mol. The summed E-state index contributed by atoms with van der Waals surface area (Å²) in [7, 11) is 0. The molecule has 1 aromatic heterocycles. The zero-order valence-corrected chi connectivity index (χ0v) is 11.1. The van der Waals surface area contributed by atoms with E-state index < -0.39 is 0 Å². The summed E-state index contributed by atoms with van der Waals surface area (Å²) in [5, 5.41) is 4.20. The van der Waals surface area contributed by atoms with Gasteiger partial charge in [0.2, 0.25) is 0 Å². The molecule has 0 radical (unpaired) electrons. The molecule has 3 N–H and O–H groups in total. The van der Waals surface area contributed by atoms with E-state index in [-0.39, 0.29) is 6.04 Å². The standard InChI is InChI=1S/C12H13BrN2S/c13-11-8-16-7-10(11)12(15-14)6-9-4-2-1-3-5-9/h1-5,7-8,12,15H,6,14H2. The largest absolute Gasteiger partial charge is 0.271 e. The molecule has 2 aromatic rings. The minimum atomic E-state index is 0.156. The van der Waals surface area contributed by atoms with E-state index in [0.29, 0.717) is 0 Å². The molecule has 84 valence electrons. The van der Waals surface area contributed by atoms with Crippen LogP contribution in [0.5, 0.6) is 0 Å². The smallest absolute Gasteiger partial charge is 0.0519 e. The van der Waals surface area contributed by atoms with Crippen molar-refractivity contribution in [3.63, 3.8) is 0 Å². The molecule has 2 rings (SSSR count). The second kappa shape index (κ2) is 5.59.